The van der Waals surface area contributed by atoms with Crippen molar-refractivity contribution in [1.29, 1.82) is 0 Å². The number of hydrogen-bond donors (Lipinski definition) is 0. The molecule has 0 bridgehead atoms. The van der Waals surface area contributed by atoms with E-state index < -0.39 is 0 Å². The van der Waals surface area contributed by atoms with Crippen molar-refractivity contribution in [2.75, 3.05) is 31.1 Å². The Bertz CT molecular complexity index is 1010. The van der Waals surface area contributed by atoms with Crippen LogP contribution >= 0.6 is 11.6 Å². The molecule has 5 nitrogen and oxygen atoms in total. The van der Waals surface area contributed by atoms with Crippen LogP contribution in [0.15, 0.2) is 54.6 Å². The fourth-order valence-corrected chi connectivity index (χ4v) is 4.19. The minimum atomic E-state index is 0.0677. The summed E-state index contributed by atoms with van der Waals surface area (Å²) in [4.78, 5) is 17.4. The quantitative estimate of drug-likeness (QED) is 0.650. The minimum Gasteiger partial charge on any atom is -0.367 e. The highest BCUT2D eigenvalue weighted by Crippen LogP contribution is 2.26. The summed E-state index contributed by atoms with van der Waals surface area (Å²) < 4.78 is 1.93. The predicted octanol–water partition coefficient (Wildman–Crippen LogP) is 4.16. The normalized spacial score (nSPS) is 14.3. The van der Waals surface area contributed by atoms with Gasteiger partial charge in [-0.15, -0.1) is 0 Å². The van der Waals surface area contributed by atoms with Crippen LogP contribution in [0.4, 0.5) is 5.69 Å². The zero-order valence-electron chi connectivity index (χ0n) is 16.8. The topological polar surface area (TPSA) is 41.4 Å². The summed E-state index contributed by atoms with van der Waals surface area (Å²) in [5.74, 6) is 0.0677. The molecule has 1 aliphatic heterocycles. The number of hydrogen-bond acceptors (Lipinski definition) is 3. The van der Waals surface area contributed by atoms with Crippen molar-refractivity contribution in [3.63, 3.8) is 0 Å². The van der Waals surface area contributed by atoms with Crippen molar-refractivity contribution < 1.29 is 4.79 Å². The second-order valence-corrected chi connectivity index (χ2v) is 7.83. The molecule has 1 fully saturated rings. The fourth-order valence-electron chi connectivity index (χ4n) is 3.93. The van der Waals surface area contributed by atoms with Crippen LogP contribution in [0.5, 0.6) is 0 Å². The van der Waals surface area contributed by atoms with Gasteiger partial charge >= 0.3 is 0 Å². The SMILES string of the molecule is Cc1nn(Cc2ccccc2)c(C)c1C(=O)N1CCN(c2ccccc2Cl)CC1. The number of carbonyl (C=O) groups is 1. The molecule has 2 heterocycles. The largest absolute Gasteiger partial charge is 0.367 e. The number of aryl methyl sites for hydroxylation is 1. The van der Waals surface area contributed by atoms with Crippen LogP contribution in [0.3, 0.4) is 0 Å². The molecule has 0 unspecified atom stereocenters. The van der Waals surface area contributed by atoms with E-state index in [-0.39, 0.29) is 5.91 Å². The van der Waals surface area contributed by atoms with E-state index in [1.54, 1.807) is 0 Å². The molecule has 3 aromatic rings. The second kappa shape index (κ2) is 8.29. The van der Waals surface area contributed by atoms with E-state index in [2.05, 4.69) is 22.1 Å². The van der Waals surface area contributed by atoms with E-state index in [9.17, 15) is 4.79 Å². The zero-order valence-corrected chi connectivity index (χ0v) is 17.6. The van der Waals surface area contributed by atoms with Crippen LogP contribution in [-0.4, -0.2) is 46.8 Å². The Hall–Kier alpha value is -2.79. The van der Waals surface area contributed by atoms with Gasteiger partial charge in [0.2, 0.25) is 0 Å². The van der Waals surface area contributed by atoms with Crippen LogP contribution < -0.4 is 4.90 Å². The summed E-state index contributed by atoms with van der Waals surface area (Å²) in [6.45, 7) is 7.45. The molecule has 0 atom stereocenters. The van der Waals surface area contributed by atoms with Crippen molar-refractivity contribution in [3.8, 4) is 0 Å². The summed E-state index contributed by atoms with van der Waals surface area (Å²) >= 11 is 6.33. The maximum Gasteiger partial charge on any atom is 0.257 e. The molecule has 150 valence electrons. The molecule has 1 saturated heterocycles. The Morgan fingerprint density at radius 1 is 0.966 bits per heavy atom. The van der Waals surface area contributed by atoms with E-state index in [0.717, 1.165) is 40.8 Å². The fraction of sp³-hybridized carbons (Fsp3) is 0.304. The Balaban J connectivity index is 1.47. The van der Waals surface area contributed by atoms with Gasteiger partial charge in [0.1, 0.15) is 0 Å². The van der Waals surface area contributed by atoms with E-state index in [4.69, 9.17) is 11.6 Å². The molecule has 0 radical (unpaired) electrons. The molecule has 4 rings (SSSR count). The number of rotatable bonds is 4. The smallest absolute Gasteiger partial charge is 0.257 e. The molecule has 1 amide bonds. The first-order valence-corrected chi connectivity index (χ1v) is 10.3. The number of benzene rings is 2. The third kappa shape index (κ3) is 4.01. The average Bonchev–Trinajstić information content (AvgIpc) is 3.02. The first-order chi connectivity index (χ1) is 14.0. The van der Waals surface area contributed by atoms with Gasteiger partial charge in [-0.05, 0) is 31.5 Å². The molecule has 0 spiro atoms. The van der Waals surface area contributed by atoms with E-state index >= 15 is 0 Å². The third-order valence-electron chi connectivity index (χ3n) is 5.53. The van der Waals surface area contributed by atoms with E-state index in [0.29, 0.717) is 19.6 Å². The molecular weight excluding hydrogens is 384 g/mol. The predicted molar refractivity (Wildman–Crippen MR) is 117 cm³/mol. The number of para-hydroxylation sites is 1. The highest BCUT2D eigenvalue weighted by molar-refractivity contribution is 6.33. The van der Waals surface area contributed by atoms with Gasteiger partial charge in [0, 0.05) is 31.9 Å². The first-order valence-electron chi connectivity index (χ1n) is 9.91. The lowest BCUT2D eigenvalue weighted by atomic mass is 10.1. The Morgan fingerprint density at radius 2 is 1.62 bits per heavy atom. The molecule has 0 aliphatic carbocycles. The molecule has 1 aliphatic rings. The van der Waals surface area contributed by atoms with Gasteiger partial charge in [0.15, 0.2) is 0 Å². The molecule has 0 N–H and O–H groups in total. The number of nitrogens with zero attached hydrogens (tertiary/aromatic N) is 4. The van der Waals surface area contributed by atoms with Gasteiger partial charge in [-0.3, -0.25) is 9.48 Å². The summed E-state index contributed by atoms with van der Waals surface area (Å²) in [6.07, 6.45) is 0. The van der Waals surface area contributed by atoms with Crippen molar-refractivity contribution >= 4 is 23.2 Å². The Morgan fingerprint density at radius 3 is 2.31 bits per heavy atom. The van der Waals surface area contributed by atoms with Gasteiger partial charge in [-0.1, -0.05) is 54.1 Å². The van der Waals surface area contributed by atoms with Gasteiger partial charge in [-0.25, -0.2) is 0 Å². The van der Waals surface area contributed by atoms with Gasteiger partial charge in [0.05, 0.1) is 28.5 Å². The van der Waals surface area contributed by atoms with E-state index in [1.165, 1.54) is 5.56 Å². The van der Waals surface area contributed by atoms with Crippen LogP contribution in [0.25, 0.3) is 0 Å². The minimum absolute atomic E-state index is 0.0677. The number of carbonyl (C=O) groups excluding carboxylic acids is 1. The number of aromatic nitrogens is 2. The summed E-state index contributed by atoms with van der Waals surface area (Å²) in [6, 6.07) is 18.1. The lowest BCUT2D eigenvalue weighted by Crippen LogP contribution is -2.49. The highest BCUT2D eigenvalue weighted by atomic mass is 35.5. The Labute approximate surface area is 176 Å². The molecule has 29 heavy (non-hydrogen) atoms. The summed E-state index contributed by atoms with van der Waals surface area (Å²) in [5.41, 5.74) is 4.64. The maximum atomic E-state index is 13.2. The average molecular weight is 409 g/mol. The highest BCUT2D eigenvalue weighted by Gasteiger charge is 2.27. The number of amides is 1. The lowest BCUT2D eigenvalue weighted by Gasteiger charge is -2.36. The second-order valence-electron chi connectivity index (χ2n) is 7.42. The number of piperazine rings is 1. The van der Waals surface area contributed by atoms with Crippen molar-refractivity contribution in [2.24, 2.45) is 0 Å². The molecule has 6 heteroatoms. The van der Waals surface area contributed by atoms with Gasteiger partial charge in [-0.2, -0.15) is 5.10 Å². The molecule has 0 saturated carbocycles. The molecular formula is C23H25ClN4O. The van der Waals surface area contributed by atoms with Crippen molar-refractivity contribution in [1.82, 2.24) is 14.7 Å². The van der Waals surface area contributed by atoms with Crippen LogP contribution in [-0.2, 0) is 6.54 Å². The van der Waals surface area contributed by atoms with E-state index in [1.807, 2.05) is 65.9 Å². The number of anilines is 1. The monoisotopic (exact) mass is 408 g/mol. The van der Waals surface area contributed by atoms with Crippen LogP contribution in [0.1, 0.15) is 27.3 Å². The Kier molecular flexibility index (Phi) is 5.58. The van der Waals surface area contributed by atoms with Crippen LogP contribution in [0.2, 0.25) is 5.02 Å². The summed E-state index contributed by atoms with van der Waals surface area (Å²) in [7, 11) is 0. The zero-order chi connectivity index (χ0) is 20.4. The standard InChI is InChI=1S/C23H25ClN4O/c1-17-22(18(2)28(25-17)16-19-8-4-3-5-9-19)23(29)27-14-12-26(13-15-27)21-11-7-6-10-20(21)24/h3-11H,12-16H2,1-2H3. The van der Waals surface area contributed by atoms with Crippen molar-refractivity contribution in [2.45, 2.75) is 20.4 Å². The van der Waals surface area contributed by atoms with Gasteiger partial charge in [0.25, 0.3) is 5.91 Å². The van der Waals surface area contributed by atoms with Crippen molar-refractivity contribution in [3.05, 3.63) is 82.1 Å². The van der Waals surface area contributed by atoms with Crippen LogP contribution in [0, 0.1) is 13.8 Å². The van der Waals surface area contributed by atoms with Gasteiger partial charge < -0.3 is 9.80 Å². The maximum absolute atomic E-state index is 13.2. The third-order valence-corrected chi connectivity index (χ3v) is 5.85. The summed E-state index contributed by atoms with van der Waals surface area (Å²) in [5, 5.41) is 5.39. The lowest BCUT2D eigenvalue weighted by molar-refractivity contribution is 0.0745. The molecule has 1 aromatic heterocycles. The molecule has 2 aromatic carbocycles. The number of halogens is 1. The first kappa shape index (κ1) is 19.5.